The van der Waals surface area contributed by atoms with Crippen LogP contribution in [0.5, 0.6) is 0 Å². The molecule has 0 aromatic carbocycles. The van der Waals surface area contributed by atoms with Gasteiger partial charge in [-0.25, -0.2) is 0 Å². The van der Waals surface area contributed by atoms with Gasteiger partial charge in [0.1, 0.15) is 5.85 Å². The Kier molecular flexibility index (Phi) is 3.48. The van der Waals surface area contributed by atoms with Crippen LogP contribution in [0.3, 0.4) is 0 Å². The molecule has 0 aliphatic carbocycles. The van der Waals surface area contributed by atoms with Crippen LogP contribution < -0.4 is 0 Å². The highest BCUT2D eigenvalue weighted by atomic mass is 31.1. The minimum atomic E-state index is -1.59. The van der Waals surface area contributed by atoms with Gasteiger partial charge in [-0.1, -0.05) is 0 Å². The van der Waals surface area contributed by atoms with Crippen molar-refractivity contribution in [1.29, 1.82) is 0 Å². The highest BCUT2D eigenvalue weighted by Crippen LogP contribution is 2.11. The standard InChI is InChI=1S/C3H8O3P/c1-7-3(6)2(4)5/h2-6H,1H3. The van der Waals surface area contributed by atoms with Crippen molar-refractivity contribution in [3.63, 3.8) is 0 Å². The van der Waals surface area contributed by atoms with Gasteiger partial charge in [-0.3, -0.25) is 0 Å². The largest absolute Gasteiger partial charge is 0.383 e. The van der Waals surface area contributed by atoms with E-state index in [1.807, 2.05) is 0 Å². The summed E-state index contributed by atoms with van der Waals surface area (Å²) in [6.45, 7) is 1.64. The van der Waals surface area contributed by atoms with Crippen molar-refractivity contribution in [2.75, 3.05) is 6.66 Å². The van der Waals surface area contributed by atoms with E-state index in [9.17, 15) is 0 Å². The van der Waals surface area contributed by atoms with E-state index in [1.165, 1.54) is 0 Å². The van der Waals surface area contributed by atoms with Crippen LogP contribution in [0, 0.1) is 0 Å². The van der Waals surface area contributed by atoms with Crippen molar-refractivity contribution in [3.8, 4) is 0 Å². The molecule has 7 heavy (non-hydrogen) atoms. The molecule has 0 saturated carbocycles. The molecule has 0 aromatic rings. The summed E-state index contributed by atoms with van der Waals surface area (Å²) in [5, 5.41) is 24.7. The summed E-state index contributed by atoms with van der Waals surface area (Å²) >= 11 is 0. The lowest BCUT2D eigenvalue weighted by Gasteiger charge is -2.06. The Morgan fingerprint density at radius 3 is 1.71 bits per heavy atom. The van der Waals surface area contributed by atoms with Crippen molar-refractivity contribution in [2.45, 2.75) is 12.1 Å². The highest BCUT2D eigenvalue weighted by Gasteiger charge is 2.08. The van der Waals surface area contributed by atoms with Gasteiger partial charge in [0.2, 0.25) is 0 Å². The van der Waals surface area contributed by atoms with E-state index in [2.05, 4.69) is 0 Å². The van der Waals surface area contributed by atoms with E-state index < -0.39 is 12.1 Å². The predicted octanol–water partition coefficient (Wildman–Crippen LogP) is -0.808. The second-order valence-electron chi connectivity index (χ2n) is 1.09. The Labute approximate surface area is 43.8 Å². The molecule has 1 atom stereocenters. The monoisotopic (exact) mass is 123 g/mol. The third-order valence-corrected chi connectivity index (χ3v) is 1.33. The summed E-state index contributed by atoms with van der Waals surface area (Å²) in [5.41, 5.74) is 0. The first kappa shape index (κ1) is 7.31. The third kappa shape index (κ3) is 2.94. The third-order valence-electron chi connectivity index (χ3n) is 0.531. The topological polar surface area (TPSA) is 60.7 Å². The van der Waals surface area contributed by atoms with Gasteiger partial charge in [-0.2, -0.15) is 0 Å². The summed E-state index contributed by atoms with van der Waals surface area (Å²) in [6, 6.07) is 0. The highest BCUT2D eigenvalue weighted by molar-refractivity contribution is 7.37. The molecule has 0 saturated heterocycles. The maximum absolute atomic E-state index is 8.42. The molecule has 3 nitrogen and oxygen atoms in total. The summed E-state index contributed by atoms with van der Waals surface area (Å²) in [4.78, 5) is 0. The van der Waals surface area contributed by atoms with Crippen molar-refractivity contribution in [1.82, 2.24) is 0 Å². The molecular formula is C3H8O3P. The van der Waals surface area contributed by atoms with Crippen molar-refractivity contribution >= 4 is 8.58 Å². The maximum atomic E-state index is 8.42. The average molecular weight is 123 g/mol. The van der Waals surface area contributed by atoms with Crippen LogP contribution in [-0.4, -0.2) is 34.1 Å². The number of hydrogen-bond acceptors (Lipinski definition) is 3. The van der Waals surface area contributed by atoms with Crippen molar-refractivity contribution in [3.05, 3.63) is 0 Å². The lowest BCUT2D eigenvalue weighted by Crippen LogP contribution is -2.19. The molecule has 0 aliphatic heterocycles. The molecule has 4 heteroatoms. The molecule has 0 amide bonds. The fraction of sp³-hybridized carbons (Fsp3) is 1.00. The molecule has 0 spiro atoms. The number of aliphatic hydroxyl groups excluding tert-OH is 2. The Morgan fingerprint density at radius 2 is 1.71 bits per heavy atom. The van der Waals surface area contributed by atoms with Gasteiger partial charge < -0.3 is 15.3 Å². The van der Waals surface area contributed by atoms with Gasteiger partial charge in [0.25, 0.3) is 0 Å². The molecule has 0 heterocycles. The van der Waals surface area contributed by atoms with Gasteiger partial charge in [-0.15, -0.1) is 0 Å². The van der Waals surface area contributed by atoms with Gasteiger partial charge >= 0.3 is 0 Å². The predicted molar refractivity (Wildman–Crippen MR) is 27.1 cm³/mol. The smallest absolute Gasteiger partial charge is 0.182 e. The zero-order valence-corrected chi connectivity index (χ0v) is 4.84. The van der Waals surface area contributed by atoms with Gasteiger partial charge in [-0.05, 0) is 15.2 Å². The van der Waals surface area contributed by atoms with Crippen LogP contribution in [0.1, 0.15) is 0 Å². The lowest BCUT2D eigenvalue weighted by molar-refractivity contribution is -0.0896. The fourth-order valence-electron chi connectivity index (χ4n) is 0.133. The van der Waals surface area contributed by atoms with Crippen LogP contribution >= 0.6 is 8.58 Å². The van der Waals surface area contributed by atoms with Crippen LogP contribution in [0.4, 0.5) is 0 Å². The first-order valence-corrected chi connectivity index (χ1v) is 3.22. The average Bonchev–Trinajstić information content (AvgIpc) is 1.65. The Balaban J connectivity index is 3.14. The molecule has 0 rings (SSSR count). The normalized spacial score (nSPS) is 16.7. The van der Waals surface area contributed by atoms with E-state index in [-0.39, 0.29) is 0 Å². The van der Waals surface area contributed by atoms with E-state index in [0.29, 0.717) is 8.58 Å². The number of rotatable bonds is 2. The summed E-state index contributed by atoms with van der Waals surface area (Å²) < 4.78 is 0. The van der Waals surface area contributed by atoms with Crippen LogP contribution in [-0.2, 0) is 0 Å². The second-order valence-corrected chi connectivity index (χ2v) is 2.13. The van der Waals surface area contributed by atoms with E-state index in [1.54, 1.807) is 6.66 Å². The van der Waals surface area contributed by atoms with Crippen LogP contribution in [0.25, 0.3) is 0 Å². The van der Waals surface area contributed by atoms with Crippen LogP contribution in [0.15, 0.2) is 0 Å². The molecule has 0 aromatic heterocycles. The molecule has 0 bridgehead atoms. The van der Waals surface area contributed by atoms with E-state index in [4.69, 9.17) is 15.3 Å². The zero-order chi connectivity index (χ0) is 5.86. The number of aliphatic hydroxyl groups is 3. The molecule has 1 radical (unpaired) electrons. The van der Waals surface area contributed by atoms with Crippen molar-refractivity contribution < 1.29 is 15.3 Å². The van der Waals surface area contributed by atoms with Gasteiger partial charge in [0, 0.05) is 0 Å². The number of hydrogen-bond donors (Lipinski definition) is 3. The van der Waals surface area contributed by atoms with Gasteiger partial charge in [0.05, 0.1) is 0 Å². The molecule has 1 unspecified atom stereocenters. The Morgan fingerprint density at radius 1 is 1.29 bits per heavy atom. The lowest BCUT2D eigenvalue weighted by atomic mass is 10.7. The van der Waals surface area contributed by atoms with Crippen LogP contribution in [0.2, 0.25) is 0 Å². The fourth-order valence-corrected chi connectivity index (χ4v) is 0.400. The van der Waals surface area contributed by atoms with Gasteiger partial charge in [0.15, 0.2) is 6.29 Å². The Hall–Kier alpha value is 0.310. The maximum Gasteiger partial charge on any atom is 0.182 e. The second kappa shape index (κ2) is 3.33. The Bertz CT molecular complexity index is 47.4. The molecule has 0 aliphatic rings. The first-order valence-electron chi connectivity index (χ1n) is 1.81. The molecular weight excluding hydrogens is 115 g/mol. The SMILES string of the molecule is C[P]C(O)C(O)O. The van der Waals surface area contributed by atoms with Crippen molar-refractivity contribution in [2.24, 2.45) is 0 Å². The molecule has 43 valence electrons. The summed E-state index contributed by atoms with van der Waals surface area (Å²) in [7, 11) is 0.578. The minimum Gasteiger partial charge on any atom is -0.383 e. The minimum absolute atomic E-state index is 0.578. The first-order chi connectivity index (χ1) is 3.18. The zero-order valence-electron chi connectivity index (χ0n) is 3.94. The van der Waals surface area contributed by atoms with E-state index in [0.717, 1.165) is 0 Å². The summed E-state index contributed by atoms with van der Waals surface area (Å²) in [6.07, 6.45) is -1.59. The van der Waals surface area contributed by atoms with E-state index >= 15 is 0 Å². The molecule has 0 fully saturated rings. The quantitative estimate of drug-likeness (QED) is 0.332. The summed E-state index contributed by atoms with van der Waals surface area (Å²) in [5.74, 6) is -1.01. The molecule has 3 N–H and O–H groups in total.